The van der Waals surface area contributed by atoms with Crippen LogP contribution < -0.4 is 10.0 Å². The van der Waals surface area contributed by atoms with Crippen LogP contribution in [0.4, 0.5) is 0 Å². The standard InChI is InChI=1S/C15H24N2O5S2/c1-22-12-15(7-9-16-10-8-15)11-17-24(20,21)14-5-3-13(4-6-14)23(2,18)19/h3-6,16-17H,7-12H2,1-2H3. The molecule has 1 fully saturated rings. The number of sulfonamides is 1. The van der Waals surface area contributed by atoms with Gasteiger partial charge >= 0.3 is 0 Å². The summed E-state index contributed by atoms with van der Waals surface area (Å²) < 4.78 is 55.8. The van der Waals surface area contributed by atoms with Crippen molar-refractivity contribution in [3.63, 3.8) is 0 Å². The van der Waals surface area contributed by atoms with Crippen LogP contribution in [0.5, 0.6) is 0 Å². The van der Waals surface area contributed by atoms with Crippen LogP contribution in [0, 0.1) is 5.41 Å². The highest BCUT2D eigenvalue weighted by atomic mass is 32.2. The van der Waals surface area contributed by atoms with Crippen LogP contribution in [-0.4, -0.2) is 56.4 Å². The highest BCUT2D eigenvalue weighted by Crippen LogP contribution is 2.29. The van der Waals surface area contributed by atoms with Crippen LogP contribution in [0.1, 0.15) is 12.8 Å². The van der Waals surface area contributed by atoms with Gasteiger partial charge < -0.3 is 10.1 Å². The number of ether oxygens (including phenoxy) is 1. The Morgan fingerprint density at radius 1 is 1.08 bits per heavy atom. The number of nitrogens with one attached hydrogen (secondary N) is 2. The normalized spacial score (nSPS) is 18.4. The number of methoxy groups -OCH3 is 1. The van der Waals surface area contributed by atoms with Gasteiger partial charge in [-0.25, -0.2) is 21.6 Å². The maximum atomic E-state index is 12.5. The second-order valence-electron chi connectivity index (χ2n) is 6.25. The first-order valence-electron chi connectivity index (χ1n) is 7.68. The molecule has 0 radical (unpaired) electrons. The van der Waals surface area contributed by atoms with E-state index in [1.165, 1.54) is 24.3 Å². The van der Waals surface area contributed by atoms with E-state index in [-0.39, 0.29) is 15.2 Å². The van der Waals surface area contributed by atoms with Gasteiger partial charge in [0.05, 0.1) is 16.4 Å². The van der Waals surface area contributed by atoms with Crippen LogP contribution >= 0.6 is 0 Å². The molecule has 1 aromatic rings. The first-order chi connectivity index (χ1) is 11.2. The van der Waals surface area contributed by atoms with E-state index in [0.717, 1.165) is 32.2 Å². The summed E-state index contributed by atoms with van der Waals surface area (Å²) in [4.78, 5) is 0.145. The molecule has 0 atom stereocenters. The first kappa shape index (κ1) is 19.3. The third-order valence-corrected chi connectivity index (χ3v) is 6.86. The molecule has 1 aliphatic rings. The van der Waals surface area contributed by atoms with Crippen molar-refractivity contribution in [1.82, 2.24) is 10.0 Å². The van der Waals surface area contributed by atoms with E-state index < -0.39 is 19.9 Å². The van der Waals surface area contributed by atoms with Crippen molar-refractivity contribution in [3.05, 3.63) is 24.3 Å². The van der Waals surface area contributed by atoms with E-state index in [1.807, 2.05) is 0 Å². The van der Waals surface area contributed by atoms with Crippen LogP contribution in [0.25, 0.3) is 0 Å². The van der Waals surface area contributed by atoms with Crippen LogP contribution in [0.2, 0.25) is 0 Å². The Kier molecular flexibility index (Phi) is 6.03. The molecule has 2 N–H and O–H groups in total. The van der Waals surface area contributed by atoms with E-state index in [2.05, 4.69) is 10.0 Å². The molecule has 0 unspecified atom stereocenters. The van der Waals surface area contributed by atoms with Crippen LogP contribution in [0.3, 0.4) is 0 Å². The molecule has 0 aromatic heterocycles. The number of hydrogen-bond acceptors (Lipinski definition) is 6. The Balaban J connectivity index is 2.12. The quantitative estimate of drug-likeness (QED) is 0.714. The number of sulfone groups is 1. The summed E-state index contributed by atoms with van der Waals surface area (Å²) in [6.07, 6.45) is 2.74. The molecule has 1 heterocycles. The van der Waals surface area contributed by atoms with Gasteiger partial charge in [-0.1, -0.05) is 0 Å². The van der Waals surface area contributed by atoms with Crippen molar-refractivity contribution in [3.8, 4) is 0 Å². The van der Waals surface area contributed by atoms with Gasteiger partial charge in [-0.15, -0.1) is 0 Å². The molecule has 0 saturated carbocycles. The molecule has 24 heavy (non-hydrogen) atoms. The molecule has 0 spiro atoms. The van der Waals surface area contributed by atoms with Gasteiger partial charge in [-0.2, -0.15) is 0 Å². The van der Waals surface area contributed by atoms with E-state index >= 15 is 0 Å². The van der Waals surface area contributed by atoms with Crippen molar-refractivity contribution in [1.29, 1.82) is 0 Å². The van der Waals surface area contributed by atoms with Crippen LogP contribution in [0.15, 0.2) is 34.1 Å². The summed E-state index contributed by atoms with van der Waals surface area (Å²) in [5.74, 6) is 0. The van der Waals surface area contributed by atoms with Crippen molar-refractivity contribution in [2.75, 3.05) is 39.6 Å². The fraction of sp³-hybridized carbons (Fsp3) is 0.600. The lowest BCUT2D eigenvalue weighted by molar-refractivity contribution is 0.0577. The second-order valence-corrected chi connectivity index (χ2v) is 10.0. The summed E-state index contributed by atoms with van der Waals surface area (Å²) in [6, 6.07) is 5.23. The van der Waals surface area contributed by atoms with Gasteiger partial charge in [-0.05, 0) is 50.2 Å². The number of hydrogen-bond donors (Lipinski definition) is 2. The average Bonchev–Trinajstić information content (AvgIpc) is 2.54. The highest BCUT2D eigenvalue weighted by molar-refractivity contribution is 7.90. The average molecular weight is 377 g/mol. The Morgan fingerprint density at radius 3 is 2.12 bits per heavy atom. The third-order valence-electron chi connectivity index (χ3n) is 4.31. The minimum atomic E-state index is -3.70. The maximum absolute atomic E-state index is 12.5. The summed E-state index contributed by atoms with van der Waals surface area (Å²) in [5.41, 5.74) is -0.222. The van der Waals surface area contributed by atoms with E-state index in [9.17, 15) is 16.8 Å². The minimum absolute atomic E-state index is 0.0522. The lowest BCUT2D eigenvalue weighted by Crippen LogP contribution is -2.47. The van der Waals surface area contributed by atoms with Gasteiger partial charge in [0.1, 0.15) is 0 Å². The molecule has 7 nitrogen and oxygen atoms in total. The molecule has 2 rings (SSSR count). The molecule has 9 heteroatoms. The Labute approximate surface area is 143 Å². The molecule has 1 aromatic carbocycles. The summed E-state index contributed by atoms with van der Waals surface area (Å²) >= 11 is 0. The SMILES string of the molecule is COCC1(CNS(=O)(=O)c2ccc(S(C)(=O)=O)cc2)CCNCC1. The van der Waals surface area contributed by atoms with Crippen molar-refractivity contribution in [2.24, 2.45) is 5.41 Å². The van der Waals surface area contributed by atoms with Crippen LogP contribution in [-0.2, 0) is 24.6 Å². The third kappa shape index (κ3) is 4.76. The predicted molar refractivity (Wildman–Crippen MR) is 91.2 cm³/mol. The molecule has 0 bridgehead atoms. The molecule has 136 valence electrons. The lowest BCUT2D eigenvalue weighted by atomic mass is 9.80. The largest absolute Gasteiger partial charge is 0.384 e. The summed E-state index contributed by atoms with van der Waals surface area (Å²) in [7, 11) is -5.44. The smallest absolute Gasteiger partial charge is 0.240 e. The molecular formula is C15H24N2O5S2. The van der Waals surface area contributed by atoms with Crippen molar-refractivity contribution >= 4 is 19.9 Å². The number of rotatable bonds is 7. The zero-order chi connectivity index (χ0) is 17.8. The second kappa shape index (κ2) is 7.49. The molecule has 1 saturated heterocycles. The van der Waals surface area contributed by atoms with Gasteiger partial charge in [-0.3, -0.25) is 0 Å². The van der Waals surface area contributed by atoms with Gasteiger partial charge in [0, 0.05) is 25.3 Å². The van der Waals surface area contributed by atoms with E-state index in [4.69, 9.17) is 4.74 Å². The molecule has 0 amide bonds. The zero-order valence-corrected chi connectivity index (χ0v) is 15.5. The highest BCUT2D eigenvalue weighted by Gasteiger charge is 2.33. The minimum Gasteiger partial charge on any atom is -0.384 e. The van der Waals surface area contributed by atoms with E-state index in [0.29, 0.717) is 13.2 Å². The maximum Gasteiger partial charge on any atom is 0.240 e. The van der Waals surface area contributed by atoms with Gasteiger partial charge in [0.25, 0.3) is 0 Å². The zero-order valence-electron chi connectivity index (χ0n) is 13.9. The fourth-order valence-electron chi connectivity index (χ4n) is 2.83. The van der Waals surface area contributed by atoms with Crippen molar-refractivity contribution < 1.29 is 21.6 Å². The summed E-state index contributed by atoms with van der Waals surface area (Å²) in [6.45, 7) is 2.44. The van der Waals surface area contributed by atoms with Crippen molar-refractivity contribution in [2.45, 2.75) is 22.6 Å². The first-order valence-corrected chi connectivity index (χ1v) is 11.1. The number of benzene rings is 1. The Morgan fingerprint density at radius 2 is 1.62 bits per heavy atom. The molecule has 0 aliphatic carbocycles. The lowest BCUT2D eigenvalue weighted by Gasteiger charge is -2.37. The Hall–Kier alpha value is -1.00. The van der Waals surface area contributed by atoms with Gasteiger partial charge in [0.15, 0.2) is 9.84 Å². The summed E-state index contributed by atoms with van der Waals surface area (Å²) in [5, 5.41) is 3.26. The predicted octanol–water partition coefficient (Wildman–Crippen LogP) is 0.385. The topological polar surface area (TPSA) is 102 Å². The van der Waals surface area contributed by atoms with Gasteiger partial charge in [0.2, 0.25) is 10.0 Å². The monoisotopic (exact) mass is 376 g/mol. The van der Waals surface area contributed by atoms with E-state index in [1.54, 1.807) is 7.11 Å². The fourth-order valence-corrected chi connectivity index (χ4v) is 4.62. The number of piperidine rings is 1. The Bertz CT molecular complexity index is 746. The molecule has 1 aliphatic heterocycles. The molecular weight excluding hydrogens is 352 g/mol.